The van der Waals surface area contributed by atoms with Crippen molar-refractivity contribution >= 4 is 17.3 Å². The summed E-state index contributed by atoms with van der Waals surface area (Å²) in [4.78, 5) is 17.3. The minimum absolute atomic E-state index is 0.0755. The molecule has 1 amide bonds. The minimum atomic E-state index is -0.476. The van der Waals surface area contributed by atoms with Gasteiger partial charge in [0.05, 0.1) is 6.04 Å². The van der Waals surface area contributed by atoms with Crippen LogP contribution in [0.1, 0.15) is 56.8 Å². The number of H-pyrrole nitrogens is 1. The number of hydrogen-bond acceptors (Lipinski definition) is 3. The van der Waals surface area contributed by atoms with Gasteiger partial charge in [0.25, 0.3) is 0 Å². The SMILES string of the molecule is CCOC1(OCC)CC=C(CC2c3[nH]c4ccccc4c3CCN2C=O)CC1. The van der Waals surface area contributed by atoms with Gasteiger partial charge >= 0.3 is 0 Å². The Balaban J connectivity index is 1.59. The van der Waals surface area contributed by atoms with Crippen LogP contribution in [0.4, 0.5) is 0 Å². The van der Waals surface area contributed by atoms with E-state index in [9.17, 15) is 4.79 Å². The van der Waals surface area contributed by atoms with E-state index < -0.39 is 5.79 Å². The molecule has 150 valence electrons. The average Bonchev–Trinajstić information content (AvgIpc) is 3.09. The molecule has 1 atom stereocenters. The van der Waals surface area contributed by atoms with Crippen molar-refractivity contribution in [2.45, 2.75) is 57.8 Å². The Hall–Kier alpha value is -2.11. The van der Waals surface area contributed by atoms with Gasteiger partial charge in [0.1, 0.15) is 0 Å². The van der Waals surface area contributed by atoms with Gasteiger partial charge < -0.3 is 19.4 Å². The van der Waals surface area contributed by atoms with Gasteiger partial charge in [-0.25, -0.2) is 0 Å². The molecule has 1 unspecified atom stereocenters. The van der Waals surface area contributed by atoms with E-state index in [-0.39, 0.29) is 6.04 Å². The van der Waals surface area contributed by atoms with Crippen LogP contribution in [0.3, 0.4) is 0 Å². The highest BCUT2D eigenvalue weighted by Gasteiger charge is 2.35. The first-order valence-electron chi connectivity index (χ1n) is 10.5. The lowest BCUT2D eigenvalue weighted by Gasteiger charge is -2.38. The van der Waals surface area contributed by atoms with Crippen LogP contribution in [0.15, 0.2) is 35.9 Å². The van der Waals surface area contributed by atoms with Gasteiger partial charge in [0, 0.05) is 49.2 Å². The quantitative estimate of drug-likeness (QED) is 0.436. The summed E-state index contributed by atoms with van der Waals surface area (Å²) in [5.74, 6) is -0.476. The van der Waals surface area contributed by atoms with Crippen LogP contribution in [0.5, 0.6) is 0 Å². The second-order valence-electron chi connectivity index (χ2n) is 7.72. The third kappa shape index (κ3) is 3.49. The molecule has 1 aromatic heterocycles. The van der Waals surface area contributed by atoms with Crippen molar-refractivity contribution in [2.75, 3.05) is 19.8 Å². The molecule has 2 aromatic rings. The van der Waals surface area contributed by atoms with Gasteiger partial charge in [0.2, 0.25) is 6.41 Å². The van der Waals surface area contributed by atoms with Crippen LogP contribution in [0.2, 0.25) is 0 Å². The molecule has 0 saturated carbocycles. The number of nitrogens with zero attached hydrogens (tertiary/aromatic N) is 1. The maximum Gasteiger partial charge on any atom is 0.210 e. The molecule has 5 heteroatoms. The van der Waals surface area contributed by atoms with E-state index in [2.05, 4.69) is 35.3 Å². The lowest BCUT2D eigenvalue weighted by molar-refractivity contribution is -0.236. The second kappa shape index (κ2) is 8.10. The molecule has 4 rings (SSSR count). The number of aromatic amines is 1. The predicted octanol–water partition coefficient (Wildman–Crippen LogP) is 4.49. The molecule has 1 aliphatic carbocycles. The van der Waals surface area contributed by atoms with Crippen LogP contribution >= 0.6 is 0 Å². The molecule has 28 heavy (non-hydrogen) atoms. The Morgan fingerprint density at radius 2 is 2.00 bits per heavy atom. The van der Waals surface area contributed by atoms with Crippen LogP contribution < -0.4 is 0 Å². The number of fused-ring (bicyclic) bond motifs is 3. The molecule has 2 heterocycles. The number of aromatic nitrogens is 1. The fraction of sp³-hybridized carbons (Fsp3) is 0.522. The Morgan fingerprint density at radius 1 is 1.21 bits per heavy atom. The predicted molar refractivity (Wildman–Crippen MR) is 110 cm³/mol. The van der Waals surface area contributed by atoms with E-state index in [1.165, 1.54) is 22.2 Å². The molecule has 1 aromatic carbocycles. The highest BCUT2D eigenvalue weighted by Crippen LogP contribution is 2.40. The Labute approximate surface area is 166 Å². The summed E-state index contributed by atoms with van der Waals surface area (Å²) < 4.78 is 11.9. The normalized spacial score (nSPS) is 21.4. The van der Waals surface area contributed by atoms with Crippen molar-refractivity contribution < 1.29 is 14.3 Å². The average molecular weight is 383 g/mol. The van der Waals surface area contributed by atoms with Gasteiger partial charge in [-0.1, -0.05) is 29.8 Å². The number of hydrogen-bond donors (Lipinski definition) is 1. The van der Waals surface area contributed by atoms with Crippen molar-refractivity contribution in [1.29, 1.82) is 0 Å². The van der Waals surface area contributed by atoms with Crippen molar-refractivity contribution in [3.8, 4) is 0 Å². The van der Waals surface area contributed by atoms with E-state index in [1.807, 2.05) is 18.7 Å². The van der Waals surface area contributed by atoms with Crippen molar-refractivity contribution in [1.82, 2.24) is 9.88 Å². The maximum absolute atomic E-state index is 11.8. The lowest BCUT2D eigenvalue weighted by Crippen LogP contribution is -2.38. The molecular weight excluding hydrogens is 352 g/mol. The zero-order valence-corrected chi connectivity index (χ0v) is 16.9. The summed E-state index contributed by atoms with van der Waals surface area (Å²) >= 11 is 0. The molecule has 2 aliphatic rings. The van der Waals surface area contributed by atoms with Gasteiger partial charge in [-0.3, -0.25) is 4.79 Å². The van der Waals surface area contributed by atoms with Crippen LogP contribution in [0.25, 0.3) is 10.9 Å². The summed E-state index contributed by atoms with van der Waals surface area (Å²) in [6.07, 6.45) is 7.64. The summed E-state index contributed by atoms with van der Waals surface area (Å²) in [6.45, 7) is 6.12. The van der Waals surface area contributed by atoms with Crippen LogP contribution in [0, 0.1) is 0 Å². The highest BCUT2D eigenvalue weighted by atomic mass is 16.7. The molecule has 0 spiro atoms. The number of benzene rings is 1. The molecule has 0 fully saturated rings. The number of rotatable bonds is 7. The molecule has 0 bridgehead atoms. The van der Waals surface area contributed by atoms with Gasteiger partial charge in [-0.2, -0.15) is 0 Å². The maximum atomic E-state index is 11.8. The fourth-order valence-corrected chi connectivity index (χ4v) is 4.80. The Bertz CT molecular complexity index is 864. The number of ether oxygens (including phenoxy) is 2. The highest BCUT2D eigenvalue weighted by molar-refractivity contribution is 5.85. The molecule has 0 saturated heterocycles. The van der Waals surface area contributed by atoms with E-state index in [0.29, 0.717) is 13.2 Å². The number of para-hydroxylation sites is 1. The van der Waals surface area contributed by atoms with Gasteiger partial charge in [-0.05, 0) is 44.7 Å². The second-order valence-corrected chi connectivity index (χ2v) is 7.72. The zero-order chi connectivity index (χ0) is 19.6. The van der Waals surface area contributed by atoms with E-state index in [1.54, 1.807) is 0 Å². The summed E-state index contributed by atoms with van der Waals surface area (Å²) in [6, 6.07) is 8.51. The first kappa shape index (κ1) is 19.2. The largest absolute Gasteiger partial charge is 0.356 e. The number of carbonyl (C=O) groups excluding carboxylic acids is 1. The summed E-state index contributed by atoms with van der Waals surface area (Å²) in [5.41, 5.74) is 5.12. The third-order valence-electron chi connectivity index (χ3n) is 6.13. The first-order valence-corrected chi connectivity index (χ1v) is 10.5. The van der Waals surface area contributed by atoms with Crippen molar-refractivity contribution in [3.63, 3.8) is 0 Å². The third-order valence-corrected chi connectivity index (χ3v) is 6.13. The molecule has 1 aliphatic heterocycles. The van der Waals surface area contributed by atoms with Crippen LogP contribution in [-0.4, -0.2) is 41.8 Å². The zero-order valence-electron chi connectivity index (χ0n) is 16.9. The van der Waals surface area contributed by atoms with Crippen molar-refractivity contribution in [2.24, 2.45) is 0 Å². The van der Waals surface area contributed by atoms with Crippen LogP contribution in [-0.2, 0) is 20.7 Å². The number of nitrogens with one attached hydrogen (secondary N) is 1. The topological polar surface area (TPSA) is 54.6 Å². The fourth-order valence-electron chi connectivity index (χ4n) is 4.80. The number of amides is 1. The first-order chi connectivity index (χ1) is 13.7. The van der Waals surface area contributed by atoms with E-state index >= 15 is 0 Å². The summed E-state index contributed by atoms with van der Waals surface area (Å²) in [7, 11) is 0. The number of carbonyl (C=O) groups is 1. The Morgan fingerprint density at radius 3 is 2.68 bits per heavy atom. The molecule has 0 radical (unpaired) electrons. The summed E-state index contributed by atoms with van der Waals surface area (Å²) in [5, 5.41) is 1.29. The standard InChI is InChI=1S/C23H30N2O3/c1-3-27-23(28-4-2)12-9-17(10-13-23)15-21-22-19(11-14-25(21)16-26)18-7-5-6-8-20(18)24-22/h5-9,16,21,24H,3-4,10-15H2,1-2H3. The monoisotopic (exact) mass is 382 g/mol. The molecular formula is C23H30N2O3. The Kier molecular flexibility index (Phi) is 5.56. The van der Waals surface area contributed by atoms with Crippen molar-refractivity contribution in [3.05, 3.63) is 47.2 Å². The van der Waals surface area contributed by atoms with E-state index in [0.717, 1.165) is 50.6 Å². The van der Waals surface area contributed by atoms with E-state index in [4.69, 9.17) is 9.47 Å². The lowest BCUT2D eigenvalue weighted by atomic mass is 9.87. The molecule has 5 nitrogen and oxygen atoms in total. The van der Waals surface area contributed by atoms with Gasteiger partial charge in [-0.15, -0.1) is 0 Å². The minimum Gasteiger partial charge on any atom is -0.356 e. The molecule has 1 N–H and O–H groups in total. The van der Waals surface area contributed by atoms with Gasteiger partial charge in [0.15, 0.2) is 5.79 Å². The smallest absolute Gasteiger partial charge is 0.210 e.